The molecule has 1 atom stereocenters. The Kier molecular flexibility index (Phi) is 10.6. The maximum absolute atomic E-state index is 12.1. The Balaban J connectivity index is 0.00000288. The second kappa shape index (κ2) is 11.0. The number of benzene rings is 1. The van der Waals surface area contributed by atoms with Crippen molar-refractivity contribution in [1.82, 2.24) is 10.3 Å². The number of aromatic nitrogens is 1. The van der Waals surface area contributed by atoms with Crippen LogP contribution in [0.5, 0.6) is 0 Å². The van der Waals surface area contributed by atoms with Crippen molar-refractivity contribution in [2.24, 2.45) is 11.7 Å². The predicted octanol–water partition coefficient (Wildman–Crippen LogP) is 4.34. The van der Waals surface area contributed by atoms with Crippen LogP contribution in [-0.2, 0) is 11.2 Å². The molecular formula is C18H29Cl2N3OS. The Morgan fingerprint density at radius 3 is 2.56 bits per heavy atom. The van der Waals surface area contributed by atoms with Crippen LogP contribution in [0.15, 0.2) is 24.3 Å². The number of amides is 1. The van der Waals surface area contributed by atoms with E-state index in [1.54, 1.807) is 11.3 Å². The van der Waals surface area contributed by atoms with Crippen LogP contribution in [0, 0.1) is 5.92 Å². The Labute approximate surface area is 166 Å². The van der Waals surface area contributed by atoms with E-state index in [1.807, 2.05) is 25.1 Å². The largest absolute Gasteiger partial charge is 0.349 e. The fourth-order valence-corrected chi connectivity index (χ4v) is 3.41. The van der Waals surface area contributed by atoms with Gasteiger partial charge in [0.15, 0.2) is 0 Å². The van der Waals surface area contributed by atoms with E-state index in [4.69, 9.17) is 5.73 Å². The second-order valence-corrected chi connectivity index (χ2v) is 7.72. The minimum atomic E-state index is -0.315. The van der Waals surface area contributed by atoms with Gasteiger partial charge in [-0.25, -0.2) is 4.98 Å². The van der Waals surface area contributed by atoms with E-state index in [0.29, 0.717) is 18.9 Å². The summed E-state index contributed by atoms with van der Waals surface area (Å²) in [7, 11) is 0. The molecule has 0 fully saturated rings. The summed E-state index contributed by atoms with van der Waals surface area (Å²) in [6.07, 6.45) is 3.34. The summed E-state index contributed by atoms with van der Waals surface area (Å²) in [4.78, 5) is 16.7. The minimum absolute atomic E-state index is 0. The molecule has 1 aromatic carbocycles. The van der Waals surface area contributed by atoms with Gasteiger partial charge in [0.25, 0.3) is 0 Å². The highest BCUT2D eigenvalue weighted by Gasteiger charge is 2.28. The van der Waals surface area contributed by atoms with Gasteiger partial charge in [0.1, 0.15) is 0 Å². The van der Waals surface area contributed by atoms with E-state index in [2.05, 4.69) is 30.2 Å². The summed E-state index contributed by atoms with van der Waals surface area (Å²) in [5.41, 5.74) is 6.56. The normalized spacial score (nSPS) is 13.0. The standard InChI is InChI=1S/C18H27N3OS.2ClH/c1-13(2)18(3,12-19)21-16(22)10-6-7-11-17-20-14-8-4-5-9-15(14)23-17;;/h4-5,8-9,13H,6-7,10-12,19H2,1-3H3,(H,21,22);2*1H. The van der Waals surface area contributed by atoms with Crippen molar-refractivity contribution >= 4 is 52.3 Å². The van der Waals surface area contributed by atoms with E-state index in [-0.39, 0.29) is 36.3 Å². The van der Waals surface area contributed by atoms with E-state index in [1.165, 1.54) is 4.70 Å². The molecule has 0 saturated heterocycles. The number of hydrogen-bond donors (Lipinski definition) is 2. The first-order valence-electron chi connectivity index (χ1n) is 8.30. The number of unbranched alkanes of at least 4 members (excludes halogenated alkanes) is 1. The van der Waals surface area contributed by atoms with Crippen LogP contribution < -0.4 is 11.1 Å². The number of carbonyl (C=O) groups is 1. The van der Waals surface area contributed by atoms with Gasteiger partial charge in [-0.1, -0.05) is 26.0 Å². The highest BCUT2D eigenvalue weighted by molar-refractivity contribution is 7.18. The molecular weight excluding hydrogens is 377 g/mol. The zero-order valence-corrected chi connectivity index (χ0v) is 17.5. The number of nitrogens with zero attached hydrogens (tertiary/aromatic N) is 1. The first-order chi connectivity index (χ1) is 10.9. The van der Waals surface area contributed by atoms with Gasteiger partial charge < -0.3 is 11.1 Å². The molecule has 142 valence electrons. The smallest absolute Gasteiger partial charge is 0.220 e. The third-order valence-corrected chi connectivity index (χ3v) is 5.60. The lowest BCUT2D eigenvalue weighted by molar-refractivity contribution is -0.123. The molecule has 1 amide bonds. The first kappa shape index (κ1) is 24.1. The van der Waals surface area contributed by atoms with Crippen molar-refractivity contribution in [3.8, 4) is 0 Å². The summed E-state index contributed by atoms with van der Waals surface area (Å²) >= 11 is 1.75. The number of rotatable bonds is 8. The van der Waals surface area contributed by atoms with Crippen molar-refractivity contribution < 1.29 is 4.79 Å². The summed E-state index contributed by atoms with van der Waals surface area (Å²) < 4.78 is 1.23. The molecule has 4 nitrogen and oxygen atoms in total. The van der Waals surface area contributed by atoms with Crippen LogP contribution in [0.1, 0.15) is 45.0 Å². The maximum atomic E-state index is 12.1. The van der Waals surface area contributed by atoms with Gasteiger partial charge in [0.2, 0.25) is 5.91 Å². The molecule has 2 aromatic rings. The number of thiazole rings is 1. The Hall–Kier alpha value is -0.880. The van der Waals surface area contributed by atoms with Crippen LogP contribution >= 0.6 is 36.2 Å². The van der Waals surface area contributed by atoms with E-state index in [0.717, 1.165) is 29.8 Å². The average molecular weight is 406 g/mol. The fourth-order valence-electron chi connectivity index (χ4n) is 2.40. The van der Waals surface area contributed by atoms with Crippen molar-refractivity contribution in [1.29, 1.82) is 0 Å². The molecule has 3 N–H and O–H groups in total. The third-order valence-electron chi connectivity index (χ3n) is 4.51. The predicted molar refractivity (Wildman–Crippen MR) is 112 cm³/mol. The van der Waals surface area contributed by atoms with Gasteiger partial charge in [-0.2, -0.15) is 0 Å². The molecule has 25 heavy (non-hydrogen) atoms. The molecule has 0 aliphatic rings. The number of aryl methyl sites for hydroxylation is 1. The number of nitrogens with one attached hydrogen (secondary N) is 1. The van der Waals surface area contributed by atoms with Crippen LogP contribution in [0.2, 0.25) is 0 Å². The molecule has 1 heterocycles. The summed E-state index contributed by atoms with van der Waals surface area (Å²) in [6, 6.07) is 8.20. The SMILES string of the molecule is CC(C)C(C)(CN)NC(=O)CCCCc1nc2ccccc2s1.Cl.Cl. The topological polar surface area (TPSA) is 68.0 Å². The van der Waals surface area contributed by atoms with Crippen LogP contribution in [0.3, 0.4) is 0 Å². The van der Waals surface area contributed by atoms with E-state index in [9.17, 15) is 4.79 Å². The van der Waals surface area contributed by atoms with Crippen LogP contribution in [-0.4, -0.2) is 23.0 Å². The fraction of sp³-hybridized carbons (Fsp3) is 0.556. The molecule has 0 saturated carbocycles. The molecule has 0 aliphatic heterocycles. The van der Waals surface area contributed by atoms with E-state index < -0.39 is 0 Å². The second-order valence-electron chi connectivity index (χ2n) is 6.61. The highest BCUT2D eigenvalue weighted by Crippen LogP contribution is 2.23. The Bertz CT molecular complexity index is 630. The highest BCUT2D eigenvalue weighted by atomic mass is 35.5. The van der Waals surface area contributed by atoms with Gasteiger partial charge in [-0.15, -0.1) is 36.2 Å². The quantitative estimate of drug-likeness (QED) is 0.641. The lowest BCUT2D eigenvalue weighted by Gasteiger charge is -2.33. The van der Waals surface area contributed by atoms with Gasteiger partial charge in [0, 0.05) is 13.0 Å². The zero-order chi connectivity index (χ0) is 16.9. The third kappa shape index (κ3) is 6.74. The van der Waals surface area contributed by atoms with Gasteiger partial charge in [-0.05, 0) is 44.2 Å². The van der Waals surface area contributed by atoms with Crippen LogP contribution in [0.4, 0.5) is 0 Å². The van der Waals surface area contributed by atoms with Crippen LogP contribution in [0.25, 0.3) is 10.2 Å². The molecule has 2 rings (SSSR count). The Morgan fingerprint density at radius 2 is 1.96 bits per heavy atom. The summed E-state index contributed by atoms with van der Waals surface area (Å²) in [6.45, 7) is 6.64. The Morgan fingerprint density at radius 1 is 1.28 bits per heavy atom. The van der Waals surface area contributed by atoms with E-state index >= 15 is 0 Å². The maximum Gasteiger partial charge on any atom is 0.220 e. The summed E-state index contributed by atoms with van der Waals surface area (Å²) in [5.74, 6) is 0.412. The first-order valence-corrected chi connectivity index (χ1v) is 9.12. The number of para-hydroxylation sites is 1. The molecule has 0 bridgehead atoms. The van der Waals surface area contributed by atoms with Crippen molar-refractivity contribution in [2.75, 3.05) is 6.54 Å². The zero-order valence-electron chi connectivity index (χ0n) is 15.1. The lowest BCUT2D eigenvalue weighted by atomic mass is 9.88. The molecule has 1 unspecified atom stereocenters. The monoisotopic (exact) mass is 405 g/mol. The average Bonchev–Trinajstić information content (AvgIpc) is 2.94. The number of carbonyl (C=O) groups excluding carboxylic acids is 1. The molecule has 1 aromatic heterocycles. The minimum Gasteiger partial charge on any atom is -0.349 e. The molecule has 0 aliphatic carbocycles. The number of hydrogen-bond acceptors (Lipinski definition) is 4. The lowest BCUT2D eigenvalue weighted by Crippen LogP contribution is -2.54. The molecule has 0 radical (unpaired) electrons. The van der Waals surface area contributed by atoms with Gasteiger partial charge in [-0.3, -0.25) is 4.79 Å². The van der Waals surface area contributed by atoms with Gasteiger partial charge >= 0.3 is 0 Å². The van der Waals surface area contributed by atoms with Gasteiger partial charge in [0.05, 0.1) is 20.8 Å². The molecule has 7 heteroatoms. The van der Waals surface area contributed by atoms with Crippen molar-refractivity contribution in [2.45, 2.75) is 52.0 Å². The number of fused-ring (bicyclic) bond motifs is 1. The van der Waals surface area contributed by atoms with Crippen molar-refractivity contribution in [3.05, 3.63) is 29.3 Å². The summed E-state index contributed by atoms with van der Waals surface area (Å²) in [5, 5.41) is 4.24. The molecule has 0 spiro atoms. The number of nitrogens with two attached hydrogens (primary N) is 1. The number of halogens is 2. The van der Waals surface area contributed by atoms with Crippen molar-refractivity contribution in [3.63, 3.8) is 0 Å².